The Morgan fingerprint density at radius 1 is 1.40 bits per heavy atom. The molecule has 0 unspecified atom stereocenters. The molecule has 104 valence electrons. The van der Waals surface area contributed by atoms with Gasteiger partial charge in [0.2, 0.25) is 0 Å². The first-order valence-electron chi connectivity index (χ1n) is 5.87. The van der Waals surface area contributed by atoms with Gasteiger partial charge in [-0.3, -0.25) is 5.43 Å². The molecular weight excluding hydrogens is 280 g/mol. The van der Waals surface area contributed by atoms with Crippen molar-refractivity contribution in [2.24, 2.45) is 5.10 Å². The van der Waals surface area contributed by atoms with E-state index in [1.807, 2.05) is 0 Å². The van der Waals surface area contributed by atoms with E-state index in [0.717, 1.165) is 0 Å². The molecule has 6 heteroatoms. The van der Waals surface area contributed by atoms with E-state index in [4.69, 9.17) is 16.0 Å². The molecule has 0 bridgehead atoms. The van der Waals surface area contributed by atoms with E-state index in [1.165, 1.54) is 6.07 Å². The van der Waals surface area contributed by atoms with Crippen LogP contribution in [0.25, 0.3) is 0 Å². The quantitative estimate of drug-likeness (QED) is 0.673. The normalized spacial score (nSPS) is 11.4. The molecule has 0 amide bonds. The van der Waals surface area contributed by atoms with Crippen LogP contribution in [0.2, 0.25) is 5.02 Å². The summed E-state index contributed by atoms with van der Waals surface area (Å²) < 4.78 is 4.94. The molecule has 0 radical (unpaired) electrons. The molecule has 0 aliphatic heterocycles. The third-order valence-electron chi connectivity index (χ3n) is 2.59. The van der Waals surface area contributed by atoms with E-state index in [1.54, 1.807) is 38.1 Å². The Morgan fingerprint density at radius 2 is 2.15 bits per heavy atom. The predicted molar refractivity (Wildman–Crippen MR) is 78.7 cm³/mol. The van der Waals surface area contributed by atoms with Crippen molar-refractivity contribution in [2.45, 2.75) is 13.8 Å². The van der Waals surface area contributed by atoms with Gasteiger partial charge in [0.1, 0.15) is 17.1 Å². The number of aromatic hydroxyl groups is 1. The molecule has 0 saturated carbocycles. The Labute approximate surface area is 120 Å². The fraction of sp³-hybridized carbons (Fsp3) is 0.143. The molecule has 2 N–H and O–H groups in total. The fourth-order valence-corrected chi connectivity index (χ4v) is 1.88. The van der Waals surface area contributed by atoms with Gasteiger partial charge in [-0.15, -0.1) is 0 Å². The summed E-state index contributed by atoms with van der Waals surface area (Å²) in [6.45, 7) is 3.18. The van der Waals surface area contributed by atoms with E-state index >= 15 is 0 Å². The summed E-state index contributed by atoms with van der Waals surface area (Å²) in [7, 11) is 0. The smallest absolute Gasteiger partial charge is 0.348 e. The molecule has 0 fully saturated rings. The van der Waals surface area contributed by atoms with Gasteiger partial charge in [0, 0.05) is 11.1 Å². The second-order valence-electron chi connectivity index (χ2n) is 4.22. The highest BCUT2D eigenvalue weighted by molar-refractivity contribution is 6.30. The summed E-state index contributed by atoms with van der Waals surface area (Å²) >= 11 is 5.85. The molecule has 2 rings (SSSR count). The number of rotatable bonds is 3. The van der Waals surface area contributed by atoms with Crippen molar-refractivity contribution in [1.82, 2.24) is 0 Å². The second kappa shape index (κ2) is 5.79. The third-order valence-corrected chi connectivity index (χ3v) is 2.83. The number of aryl methyl sites for hydroxylation is 1. The largest absolute Gasteiger partial charge is 0.507 e. The first-order chi connectivity index (χ1) is 9.47. The van der Waals surface area contributed by atoms with E-state index in [9.17, 15) is 9.90 Å². The van der Waals surface area contributed by atoms with Crippen molar-refractivity contribution >= 4 is 23.0 Å². The lowest BCUT2D eigenvalue weighted by Gasteiger charge is -2.05. The molecule has 1 aromatic carbocycles. The lowest BCUT2D eigenvalue weighted by Crippen LogP contribution is -2.14. The van der Waals surface area contributed by atoms with Gasteiger partial charge in [0.15, 0.2) is 0 Å². The molecule has 2 aromatic rings. The highest BCUT2D eigenvalue weighted by atomic mass is 35.5. The minimum atomic E-state index is -0.628. The van der Waals surface area contributed by atoms with Crippen molar-refractivity contribution in [2.75, 3.05) is 5.43 Å². The molecule has 1 aromatic heterocycles. The minimum Gasteiger partial charge on any atom is -0.507 e. The molecule has 0 saturated heterocycles. The van der Waals surface area contributed by atoms with Gasteiger partial charge < -0.3 is 9.52 Å². The minimum absolute atomic E-state index is 0.0325. The number of nitrogens with one attached hydrogen (secondary N) is 1. The van der Waals surface area contributed by atoms with Crippen LogP contribution in [0.15, 0.2) is 44.6 Å². The summed E-state index contributed by atoms with van der Waals surface area (Å²) in [5.41, 5.74) is 3.16. The Balaban J connectivity index is 2.30. The van der Waals surface area contributed by atoms with Crippen LogP contribution in [0.4, 0.5) is 5.69 Å². The summed E-state index contributed by atoms with van der Waals surface area (Å²) in [4.78, 5) is 11.7. The van der Waals surface area contributed by atoms with Gasteiger partial charge in [-0.05, 0) is 32.0 Å². The first kappa shape index (κ1) is 14.1. The molecule has 1 heterocycles. The van der Waals surface area contributed by atoms with E-state index in [2.05, 4.69) is 10.5 Å². The average molecular weight is 293 g/mol. The topological polar surface area (TPSA) is 74.8 Å². The zero-order valence-electron chi connectivity index (χ0n) is 11.0. The van der Waals surface area contributed by atoms with Crippen LogP contribution in [0.1, 0.15) is 18.2 Å². The molecule has 0 spiro atoms. The maximum atomic E-state index is 11.7. The second-order valence-corrected chi connectivity index (χ2v) is 4.66. The van der Waals surface area contributed by atoms with Crippen molar-refractivity contribution < 1.29 is 9.52 Å². The van der Waals surface area contributed by atoms with Gasteiger partial charge >= 0.3 is 5.63 Å². The molecule has 0 aliphatic rings. The summed E-state index contributed by atoms with van der Waals surface area (Å²) in [6, 6.07) is 8.35. The van der Waals surface area contributed by atoms with Crippen LogP contribution >= 0.6 is 11.6 Å². The van der Waals surface area contributed by atoms with Crippen LogP contribution in [0, 0.1) is 6.92 Å². The fourth-order valence-electron chi connectivity index (χ4n) is 1.69. The molecule has 0 atom stereocenters. The number of nitrogens with zero attached hydrogens (tertiary/aromatic N) is 1. The summed E-state index contributed by atoms with van der Waals surface area (Å²) in [5.74, 6) is 0.180. The predicted octanol–water partition coefficient (Wildman–Crippen LogP) is 3.14. The standard InChI is InChI=1S/C14H13ClN2O3/c1-8-6-12(18)13(14(19)20-8)9(2)16-17-11-5-3-4-10(15)7-11/h3-7,17-18H,1-2H3. The molecular formula is C14H13ClN2O3. The van der Waals surface area contributed by atoms with Gasteiger partial charge in [0.25, 0.3) is 0 Å². The molecule has 20 heavy (non-hydrogen) atoms. The number of anilines is 1. The highest BCUT2D eigenvalue weighted by Crippen LogP contribution is 2.17. The first-order valence-corrected chi connectivity index (χ1v) is 6.25. The maximum absolute atomic E-state index is 11.7. The van der Waals surface area contributed by atoms with Crippen LogP contribution in [-0.2, 0) is 0 Å². The van der Waals surface area contributed by atoms with E-state index in [0.29, 0.717) is 22.2 Å². The number of hydrogen-bond donors (Lipinski definition) is 2. The summed E-state index contributed by atoms with van der Waals surface area (Å²) in [5, 5.41) is 14.4. The average Bonchev–Trinajstić information content (AvgIpc) is 2.35. The number of hydrogen-bond acceptors (Lipinski definition) is 5. The Kier molecular flexibility index (Phi) is 4.10. The SMILES string of the molecule is CC(=NNc1cccc(Cl)c1)c1c(O)cc(C)oc1=O. The maximum Gasteiger partial charge on any atom is 0.348 e. The van der Waals surface area contributed by atoms with E-state index in [-0.39, 0.29) is 11.3 Å². The van der Waals surface area contributed by atoms with Crippen molar-refractivity contribution in [3.05, 3.63) is 57.1 Å². The van der Waals surface area contributed by atoms with Crippen LogP contribution in [0.3, 0.4) is 0 Å². The van der Waals surface area contributed by atoms with E-state index < -0.39 is 5.63 Å². The zero-order chi connectivity index (χ0) is 14.7. The lowest BCUT2D eigenvalue weighted by atomic mass is 10.2. The lowest BCUT2D eigenvalue weighted by molar-refractivity contribution is 0.432. The number of halogens is 1. The zero-order valence-corrected chi connectivity index (χ0v) is 11.7. The Bertz CT molecular complexity index is 723. The molecule has 0 aliphatic carbocycles. The number of hydrazone groups is 1. The Morgan fingerprint density at radius 3 is 2.80 bits per heavy atom. The van der Waals surface area contributed by atoms with Crippen LogP contribution in [0.5, 0.6) is 5.75 Å². The van der Waals surface area contributed by atoms with Crippen molar-refractivity contribution in [3.63, 3.8) is 0 Å². The summed E-state index contributed by atoms with van der Waals surface area (Å²) in [6.07, 6.45) is 0. The Hall–Kier alpha value is -2.27. The monoisotopic (exact) mass is 292 g/mol. The van der Waals surface area contributed by atoms with Gasteiger partial charge in [-0.1, -0.05) is 17.7 Å². The van der Waals surface area contributed by atoms with Gasteiger partial charge in [0.05, 0.1) is 11.4 Å². The van der Waals surface area contributed by atoms with Gasteiger partial charge in [-0.25, -0.2) is 4.79 Å². The van der Waals surface area contributed by atoms with Crippen LogP contribution < -0.4 is 11.1 Å². The molecule has 5 nitrogen and oxygen atoms in total. The third kappa shape index (κ3) is 3.19. The highest BCUT2D eigenvalue weighted by Gasteiger charge is 2.12. The number of benzene rings is 1. The van der Waals surface area contributed by atoms with Crippen molar-refractivity contribution in [3.8, 4) is 5.75 Å². The van der Waals surface area contributed by atoms with Crippen LogP contribution in [-0.4, -0.2) is 10.8 Å². The van der Waals surface area contributed by atoms with Gasteiger partial charge in [-0.2, -0.15) is 5.10 Å². The van der Waals surface area contributed by atoms with Crippen molar-refractivity contribution in [1.29, 1.82) is 0 Å².